The van der Waals surface area contributed by atoms with Crippen molar-refractivity contribution in [2.75, 3.05) is 5.32 Å². The van der Waals surface area contributed by atoms with Crippen LogP contribution in [0.3, 0.4) is 0 Å². The third kappa shape index (κ3) is 3.64. The van der Waals surface area contributed by atoms with Gasteiger partial charge in [-0.1, -0.05) is 42.8 Å². The number of phenolic OH excluding ortho intramolecular Hbond substituents is 1. The molecule has 1 heterocycles. The van der Waals surface area contributed by atoms with E-state index in [-0.39, 0.29) is 5.41 Å². The largest absolute Gasteiger partial charge is 0.508 e. The van der Waals surface area contributed by atoms with Crippen LogP contribution in [0.1, 0.15) is 72.8 Å². The lowest BCUT2D eigenvalue weighted by Gasteiger charge is -2.53. The van der Waals surface area contributed by atoms with Crippen molar-refractivity contribution in [1.29, 1.82) is 0 Å². The van der Waals surface area contributed by atoms with Gasteiger partial charge in [-0.3, -0.25) is 0 Å². The van der Waals surface area contributed by atoms with Crippen molar-refractivity contribution in [3.63, 3.8) is 0 Å². The number of anilines is 1. The molecule has 0 spiro atoms. The molecule has 6 heteroatoms. The topological polar surface area (TPSA) is 86.6 Å². The fourth-order valence-electron chi connectivity index (χ4n) is 8.72. The Morgan fingerprint density at radius 1 is 0.923 bits per heavy atom. The number of aliphatic hydroxyl groups is 1. The maximum atomic E-state index is 13.4. The highest BCUT2D eigenvalue weighted by Gasteiger charge is 2.62. The van der Waals surface area contributed by atoms with E-state index < -0.39 is 20.8 Å². The number of benzene rings is 3. The molecule has 0 aromatic heterocycles. The monoisotopic (exact) mass is 543 g/mol. The van der Waals surface area contributed by atoms with Crippen LogP contribution < -0.4 is 5.32 Å². The normalized spacial score (nSPS) is 33.0. The number of rotatable bonds is 3. The zero-order valence-electron chi connectivity index (χ0n) is 22.7. The lowest BCUT2D eigenvalue weighted by atomic mass is 9.52. The van der Waals surface area contributed by atoms with Gasteiger partial charge in [-0.25, -0.2) is 8.42 Å². The summed E-state index contributed by atoms with van der Waals surface area (Å²) in [5.74, 6) is 1.81. The molecule has 6 atom stereocenters. The van der Waals surface area contributed by atoms with Gasteiger partial charge in [-0.15, -0.1) is 0 Å². The Balaban J connectivity index is 1.16. The zero-order chi connectivity index (χ0) is 27.2. The fourth-order valence-corrected chi connectivity index (χ4v) is 10.2. The van der Waals surface area contributed by atoms with E-state index in [1.807, 2.05) is 43.3 Å². The first-order chi connectivity index (χ1) is 18.6. The van der Waals surface area contributed by atoms with Crippen LogP contribution in [0.4, 0.5) is 5.69 Å². The smallest absolute Gasteiger partial charge is 0.199 e. The van der Waals surface area contributed by atoms with Crippen molar-refractivity contribution in [2.45, 2.75) is 80.6 Å². The summed E-state index contributed by atoms with van der Waals surface area (Å²) in [5, 5.41) is 25.0. The molecule has 4 aliphatic rings. The summed E-state index contributed by atoms with van der Waals surface area (Å²) in [5.41, 5.74) is 5.30. The van der Waals surface area contributed by atoms with Gasteiger partial charge in [0.15, 0.2) is 9.84 Å². The number of aryl methyl sites for hydroxylation is 2. The summed E-state index contributed by atoms with van der Waals surface area (Å²) in [6.07, 6.45) is 6.21. The molecule has 3 N–H and O–H groups in total. The molecule has 1 aliphatic heterocycles. The van der Waals surface area contributed by atoms with Gasteiger partial charge in [0.2, 0.25) is 0 Å². The Kier molecular flexibility index (Phi) is 5.54. The van der Waals surface area contributed by atoms with Crippen LogP contribution >= 0.6 is 0 Å². The number of phenols is 1. The second-order valence-electron chi connectivity index (χ2n) is 12.7. The first kappa shape index (κ1) is 25.2. The molecule has 204 valence electrons. The summed E-state index contributed by atoms with van der Waals surface area (Å²) >= 11 is 0. The van der Waals surface area contributed by atoms with E-state index in [0.717, 1.165) is 60.9 Å². The van der Waals surface area contributed by atoms with Gasteiger partial charge < -0.3 is 15.5 Å². The molecule has 2 saturated carbocycles. The average molecular weight is 544 g/mol. The number of hydrogen-bond donors (Lipinski definition) is 3. The number of sulfone groups is 1. The Hall–Kier alpha value is -2.83. The van der Waals surface area contributed by atoms with E-state index in [0.29, 0.717) is 34.8 Å². The SMILES string of the molecule is Cc1ccc(S(=O)(=O)C2Cc3cc([C@@]4(O)CC[C@H]5[C@@H]6CCc7cc(O)ccc7[C@H]6CC[C@@]54C)ccc3N2)cc1. The van der Waals surface area contributed by atoms with Crippen molar-refractivity contribution in [3.8, 4) is 5.75 Å². The van der Waals surface area contributed by atoms with Crippen molar-refractivity contribution in [3.05, 3.63) is 88.5 Å². The van der Waals surface area contributed by atoms with Gasteiger partial charge in [-0.05, 0) is 116 Å². The van der Waals surface area contributed by atoms with E-state index in [4.69, 9.17) is 0 Å². The summed E-state index contributed by atoms with van der Waals surface area (Å²) in [6, 6.07) is 19.0. The van der Waals surface area contributed by atoms with E-state index in [9.17, 15) is 18.6 Å². The maximum absolute atomic E-state index is 13.4. The molecule has 3 aromatic carbocycles. The first-order valence-corrected chi connectivity index (χ1v) is 15.9. The van der Waals surface area contributed by atoms with Crippen LogP contribution in [-0.2, 0) is 28.3 Å². The van der Waals surface area contributed by atoms with Gasteiger partial charge in [0.05, 0.1) is 10.5 Å². The number of fused-ring (bicyclic) bond motifs is 6. The Labute approximate surface area is 231 Å². The second-order valence-corrected chi connectivity index (χ2v) is 14.9. The van der Waals surface area contributed by atoms with Crippen LogP contribution in [-0.4, -0.2) is 24.0 Å². The summed E-state index contributed by atoms with van der Waals surface area (Å²) < 4.78 is 26.7. The summed E-state index contributed by atoms with van der Waals surface area (Å²) in [6.45, 7) is 4.25. The van der Waals surface area contributed by atoms with Gasteiger partial charge in [0.25, 0.3) is 0 Å². The quantitative estimate of drug-likeness (QED) is 0.366. The lowest BCUT2D eigenvalue weighted by molar-refractivity contribution is -0.108. The van der Waals surface area contributed by atoms with Crippen molar-refractivity contribution >= 4 is 15.5 Å². The first-order valence-electron chi connectivity index (χ1n) is 14.3. The molecule has 0 saturated heterocycles. The third-order valence-electron chi connectivity index (χ3n) is 10.9. The van der Waals surface area contributed by atoms with Crippen molar-refractivity contribution in [1.82, 2.24) is 0 Å². The van der Waals surface area contributed by atoms with Gasteiger partial charge >= 0.3 is 0 Å². The van der Waals surface area contributed by atoms with Crippen LogP contribution in [0.5, 0.6) is 5.75 Å². The van der Waals surface area contributed by atoms with Crippen LogP contribution in [0.15, 0.2) is 65.6 Å². The zero-order valence-corrected chi connectivity index (χ0v) is 23.5. The minimum atomic E-state index is -3.53. The van der Waals surface area contributed by atoms with E-state index in [2.05, 4.69) is 24.4 Å². The standard InChI is InChI=1S/C33H37NO4S/c1-20-3-8-25(9-4-20)39(37,38)31-19-22-17-23(6-12-30(22)34-31)33(36)16-14-29-28-10-5-21-18-24(35)7-11-26(21)27(28)13-15-32(29,33)2/h3-4,6-9,11-12,17-18,27-29,31,34-36H,5,10,13-16,19H2,1-2H3/t27-,28-,29+,31?,32+,33+/m1/s1. The average Bonchev–Trinajstić information content (AvgIpc) is 3.48. The second kappa shape index (κ2) is 8.58. The molecule has 0 bridgehead atoms. The molecular formula is C33H37NO4S. The Morgan fingerprint density at radius 2 is 1.72 bits per heavy atom. The number of nitrogens with one attached hydrogen (secondary N) is 1. The molecule has 2 fully saturated rings. The highest BCUT2D eigenvalue weighted by Crippen LogP contribution is 2.67. The molecule has 5 nitrogen and oxygen atoms in total. The number of hydrogen-bond acceptors (Lipinski definition) is 5. The van der Waals surface area contributed by atoms with Crippen molar-refractivity contribution < 1.29 is 18.6 Å². The van der Waals surface area contributed by atoms with Gasteiger partial charge in [0, 0.05) is 17.5 Å². The Morgan fingerprint density at radius 3 is 2.51 bits per heavy atom. The number of aromatic hydroxyl groups is 1. The van der Waals surface area contributed by atoms with E-state index >= 15 is 0 Å². The highest BCUT2D eigenvalue weighted by atomic mass is 32.2. The molecule has 3 aromatic rings. The summed E-state index contributed by atoms with van der Waals surface area (Å²) in [7, 11) is -3.53. The maximum Gasteiger partial charge on any atom is 0.199 e. The predicted molar refractivity (Wildman–Crippen MR) is 153 cm³/mol. The van der Waals surface area contributed by atoms with Crippen LogP contribution in [0.2, 0.25) is 0 Å². The molecule has 39 heavy (non-hydrogen) atoms. The summed E-state index contributed by atoms with van der Waals surface area (Å²) in [4.78, 5) is 0.337. The van der Waals surface area contributed by atoms with Gasteiger partial charge in [-0.2, -0.15) is 0 Å². The van der Waals surface area contributed by atoms with E-state index in [1.165, 1.54) is 11.1 Å². The molecular weight excluding hydrogens is 506 g/mol. The minimum absolute atomic E-state index is 0.226. The molecule has 7 rings (SSSR count). The Bertz CT molecular complexity index is 1570. The fraction of sp³-hybridized carbons (Fsp3) is 0.455. The molecule has 0 radical (unpaired) electrons. The van der Waals surface area contributed by atoms with Crippen molar-refractivity contribution in [2.24, 2.45) is 17.3 Å². The van der Waals surface area contributed by atoms with Crippen LogP contribution in [0, 0.1) is 24.2 Å². The highest BCUT2D eigenvalue weighted by molar-refractivity contribution is 7.92. The predicted octanol–water partition coefficient (Wildman–Crippen LogP) is 6.21. The lowest BCUT2D eigenvalue weighted by Crippen LogP contribution is -2.49. The molecule has 1 unspecified atom stereocenters. The minimum Gasteiger partial charge on any atom is -0.508 e. The molecule has 0 amide bonds. The third-order valence-corrected chi connectivity index (χ3v) is 12.9. The van der Waals surface area contributed by atoms with Gasteiger partial charge in [0.1, 0.15) is 11.1 Å². The molecule has 3 aliphatic carbocycles. The van der Waals surface area contributed by atoms with E-state index in [1.54, 1.807) is 12.1 Å². The van der Waals surface area contributed by atoms with Crippen LogP contribution in [0.25, 0.3) is 0 Å².